The average Bonchev–Trinajstić information content (AvgIpc) is 3.24. The second-order valence-electron chi connectivity index (χ2n) is 7.65. The first-order valence-electron chi connectivity index (χ1n) is 10.5. The number of aromatic nitrogens is 4. The first-order valence-corrected chi connectivity index (χ1v) is 10.5. The topological polar surface area (TPSA) is 56.1 Å². The van der Waals surface area contributed by atoms with Crippen LogP contribution in [0.2, 0.25) is 0 Å². The van der Waals surface area contributed by atoms with E-state index < -0.39 is 0 Å². The molecule has 6 nitrogen and oxygen atoms in total. The number of ether oxygens (including phenoxy) is 1. The van der Waals surface area contributed by atoms with E-state index >= 15 is 0 Å². The summed E-state index contributed by atoms with van der Waals surface area (Å²) < 4.78 is 8.30. The monoisotopic (exact) mass is 399 g/mol. The Hall–Kier alpha value is -3.41. The molecule has 6 heteroatoms. The third kappa shape index (κ3) is 3.73. The van der Waals surface area contributed by atoms with Crippen molar-refractivity contribution < 1.29 is 4.74 Å². The van der Waals surface area contributed by atoms with E-state index in [1.54, 1.807) is 0 Å². The fourth-order valence-electron chi connectivity index (χ4n) is 3.93. The van der Waals surface area contributed by atoms with E-state index in [4.69, 9.17) is 4.74 Å². The van der Waals surface area contributed by atoms with Crippen molar-refractivity contribution >= 4 is 16.9 Å². The Morgan fingerprint density at radius 2 is 1.73 bits per heavy atom. The molecule has 0 atom stereocenters. The van der Waals surface area contributed by atoms with Crippen LogP contribution in [-0.4, -0.2) is 38.7 Å². The minimum Gasteiger partial charge on any atom is -0.489 e. The van der Waals surface area contributed by atoms with Gasteiger partial charge >= 0.3 is 0 Å². The van der Waals surface area contributed by atoms with Gasteiger partial charge in [-0.25, -0.2) is 15.0 Å². The lowest BCUT2D eigenvalue weighted by atomic mass is 10.1. The maximum atomic E-state index is 6.20. The van der Waals surface area contributed by atoms with Gasteiger partial charge < -0.3 is 14.2 Å². The smallest absolute Gasteiger partial charge is 0.225 e. The van der Waals surface area contributed by atoms with Crippen molar-refractivity contribution in [3.63, 3.8) is 0 Å². The Labute approximate surface area is 176 Å². The summed E-state index contributed by atoms with van der Waals surface area (Å²) in [6.07, 6.45) is 10.8. The average molecular weight is 399 g/mol. The van der Waals surface area contributed by atoms with Gasteiger partial charge in [0.1, 0.15) is 17.7 Å². The summed E-state index contributed by atoms with van der Waals surface area (Å²) in [5.74, 6) is 2.53. The molecular weight excluding hydrogens is 374 g/mol. The van der Waals surface area contributed by atoms with Gasteiger partial charge in [-0.15, -0.1) is 0 Å². The van der Waals surface area contributed by atoms with Crippen LogP contribution in [-0.2, 0) is 6.42 Å². The van der Waals surface area contributed by atoms with Gasteiger partial charge in [-0.05, 0) is 41.6 Å². The van der Waals surface area contributed by atoms with E-state index in [0.29, 0.717) is 0 Å². The standard InChI is InChI=1S/C24H25N5O/c1-2-18-15-26-24(27-16-18)28-12-10-20(11-13-28)30-21-7-8-23(25-17-21)29-14-9-19-5-3-4-6-22(19)29/h3-9,14-17,20H,2,10-13H2,1H3. The van der Waals surface area contributed by atoms with Crippen LogP contribution in [0.5, 0.6) is 5.75 Å². The van der Waals surface area contributed by atoms with Gasteiger partial charge in [0, 0.05) is 44.5 Å². The zero-order chi connectivity index (χ0) is 20.3. The number of piperidine rings is 1. The van der Waals surface area contributed by atoms with Gasteiger partial charge in [0.15, 0.2) is 0 Å². The summed E-state index contributed by atoms with van der Waals surface area (Å²) in [7, 11) is 0. The molecule has 1 fully saturated rings. The molecular formula is C24H25N5O. The number of pyridine rings is 1. The molecule has 152 valence electrons. The zero-order valence-electron chi connectivity index (χ0n) is 17.1. The Kier molecular flexibility index (Phi) is 5.05. The SMILES string of the molecule is CCc1cnc(N2CCC(Oc3ccc(-n4ccc5ccccc54)nc3)CC2)nc1. The quantitative estimate of drug-likeness (QED) is 0.497. The maximum Gasteiger partial charge on any atom is 0.225 e. The number of anilines is 1. The molecule has 0 saturated carbocycles. The highest BCUT2D eigenvalue weighted by Crippen LogP contribution is 2.23. The Morgan fingerprint density at radius 3 is 2.47 bits per heavy atom. The number of aryl methyl sites for hydroxylation is 1. The van der Waals surface area contributed by atoms with Crippen LogP contribution >= 0.6 is 0 Å². The molecule has 0 unspecified atom stereocenters. The molecule has 1 saturated heterocycles. The lowest BCUT2D eigenvalue weighted by Crippen LogP contribution is -2.39. The summed E-state index contributed by atoms with van der Waals surface area (Å²) in [4.78, 5) is 15.9. The van der Waals surface area contributed by atoms with Gasteiger partial charge in [0.2, 0.25) is 5.95 Å². The summed E-state index contributed by atoms with van der Waals surface area (Å²) in [5, 5.41) is 1.21. The third-order valence-electron chi connectivity index (χ3n) is 5.69. The minimum absolute atomic E-state index is 0.191. The summed E-state index contributed by atoms with van der Waals surface area (Å²) in [5.41, 5.74) is 2.32. The molecule has 0 bridgehead atoms. The Morgan fingerprint density at radius 1 is 0.933 bits per heavy atom. The Balaban J connectivity index is 1.21. The molecule has 0 radical (unpaired) electrons. The van der Waals surface area contributed by atoms with Crippen molar-refractivity contribution in [2.75, 3.05) is 18.0 Å². The predicted octanol–water partition coefficient (Wildman–Crippen LogP) is 4.43. The summed E-state index contributed by atoms with van der Waals surface area (Å²) in [6.45, 7) is 3.91. The van der Waals surface area contributed by atoms with Gasteiger partial charge in [0.25, 0.3) is 0 Å². The molecule has 5 rings (SSSR count). The summed E-state index contributed by atoms with van der Waals surface area (Å²) in [6, 6.07) is 14.4. The summed E-state index contributed by atoms with van der Waals surface area (Å²) >= 11 is 0. The van der Waals surface area contributed by atoms with Crippen molar-refractivity contribution in [2.24, 2.45) is 0 Å². The van der Waals surface area contributed by atoms with Gasteiger partial charge in [-0.1, -0.05) is 25.1 Å². The number of para-hydroxylation sites is 1. The van der Waals surface area contributed by atoms with Gasteiger partial charge in [-0.2, -0.15) is 0 Å². The molecule has 0 spiro atoms. The molecule has 4 aromatic rings. The van der Waals surface area contributed by atoms with Gasteiger partial charge in [-0.3, -0.25) is 0 Å². The highest BCUT2D eigenvalue weighted by atomic mass is 16.5. The largest absolute Gasteiger partial charge is 0.489 e. The number of nitrogens with zero attached hydrogens (tertiary/aromatic N) is 5. The predicted molar refractivity (Wildman–Crippen MR) is 118 cm³/mol. The van der Waals surface area contributed by atoms with Crippen LogP contribution in [0.3, 0.4) is 0 Å². The highest BCUT2D eigenvalue weighted by Gasteiger charge is 2.22. The molecule has 1 aliphatic rings. The van der Waals surface area contributed by atoms with Crippen LogP contribution in [0.1, 0.15) is 25.3 Å². The molecule has 1 aromatic carbocycles. The van der Waals surface area contributed by atoms with Crippen LogP contribution < -0.4 is 9.64 Å². The molecule has 1 aliphatic heterocycles. The van der Waals surface area contributed by atoms with Gasteiger partial charge in [0.05, 0.1) is 11.7 Å². The van der Waals surface area contributed by atoms with E-state index in [0.717, 1.165) is 55.4 Å². The minimum atomic E-state index is 0.191. The molecule has 4 heterocycles. The second-order valence-corrected chi connectivity index (χ2v) is 7.65. The van der Waals surface area contributed by atoms with Crippen molar-refractivity contribution in [3.05, 3.63) is 72.8 Å². The lowest BCUT2D eigenvalue weighted by molar-refractivity contribution is 0.170. The number of hydrogen-bond acceptors (Lipinski definition) is 5. The first kappa shape index (κ1) is 18.6. The number of rotatable bonds is 5. The van der Waals surface area contributed by atoms with Crippen molar-refractivity contribution in [1.29, 1.82) is 0 Å². The molecule has 0 amide bonds. The lowest BCUT2D eigenvalue weighted by Gasteiger charge is -2.32. The maximum absolute atomic E-state index is 6.20. The van der Waals surface area contributed by atoms with Crippen LogP contribution in [0.15, 0.2) is 67.3 Å². The van der Waals surface area contributed by atoms with Crippen LogP contribution in [0, 0.1) is 0 Å². The van der Waals surface area contributed by atoms with E-state index in [-0.39, 0.29) is 6.10 Å². The number of benzene rings is 1. The Bertz CT molecular complexity index is 1110. The molecule has 0 aliphatic carbocycles. The second kappa shape index (κ2) is 8.14. The van der Waals surface area contributed by atoms with E-state index in [1.165, 1.54) is 10.9 Å². The normalized spacial score (nSPS) is 14.9. The van der Waals surface area contributed by atoms with E-state index in [1.807, 2.05) is 36.8 Å². The van der Waals surface area contributed by atoms with Crippen LogP contribution in [0.4, 0.5) is 5.95 Å². The van der Waals surface area contributed by atoms with E-state index in [9.17, 15) is 0 Å². The van der Waals surface area contributed by atoms with Crippen molar-refractivity contribution in [1.82, 2.24) is 19.5 Å². The fourth-order valence-corrected chi connectivity index (χ4v) is 3.93. The van der Waals surface area contributed by atoms with Crippen molar-refractivity contribution in [3.8, 4) is 11.6 Å². The van der Waals surface area contributed by atoms with E-state index in [2.05, 4.69) is 61.8 Å². The number of hydrogen-bond donors (Lipinski definition) is 0. The highest BCUT2D eigenvalue weighted by molar-refractivity contribution is 5.81. The molecule has 30 heavy (non-hydrogen) atoms. The number of fused-ring (bicyclic) bond motifs is 1. The third-order valence-corrected chi connectivity index (χ3v) is 5.69. The van der Waals surface area contributed by atoms with Crippen molar-refractivity contribution in [2.45, 2.75) is 32.3 Å². The molecule has 0 N–H and O–H groups in total. The molecule has 3 aromatic heterocycles. The van der Waals surface area contributed by atoms with Crippen LogP contribution in [0.25, 0.3) is 16.7 Å². The zero-order valence-corrected chi connectivity index (χ0v) is 17.1. The fraction of sp³-hybridized carbons (Fsp3) is 0.292. The first-order chi connectivity index (χ1) is 14.8.